The molecule has 1 aromatic heterocycles. The molecule has 6 heteroatoms. The van der Waals surface area contributed by atoms with Crippen LogP contribution in [-0.4, -0.2) is 25.3 Å². The van der Waals surface area contributed by atoms with Crippen molar-refractivity contribution in [3.05, 3.63) is 23.1 Å². The van der Waals surface area contributed by atoms with Gasteiger partial charge in [-0.3, -0.25) is 9.59 Å². The number of ketones is 1. The number of Topliss-reactive ketones (excluding diaryl/α,β-unsaturated/α-hetero) is 1. The summed E-state index contributed by atoms with van der Waals surface area (Å²) in [7, 11) is 1.54. The summed E-state index contributed by atoms with van der Waals surface area (Å²) in [5.41, 5.74) is 6.63. The fourth-order valence-electron chi connectivity index (χ4n) is 1.80. The quantitative estimate of drug-likeness (QED) is 0.548. The van der Waals surface area contributed by atoms with Crippen LogP contribution in [0.15, 0.2) is 12.7 Å². The van der Waals surface area contributed by atoms with Gasteiger partial charge in [0.1, 0.15) is 5.00 Å². The molecule has 0 unspecified atom stereocenters. The number of rotatable bonds is 6. The third-order valence-corrected chi connectivity index (χ3v) is 4.16. The normalized spacial score (nSPS) is 13.9. The molecule has 1 fully saturated rings. The Morgan fingerprint density at radius 2 is 2.21 bits per heavy atom. The first-order valence-electron chi connectivity index (χ1n) is 6.13. The van der Waals surface area contributed by atoms with Crippen LogP contribution in [0.4, 0.5) is 10.7 Å². The average molecular weight is 279 g/mol. The number of carbonyl (C=O) groups is 2. The Hall–Kier alpha value is -1.82. The maximum Gasteiger partial charge on any atom is 0.256 e. The molecule has 5 nitrogen and oxygen atoms in total. The van der Waals surface area contributed by atoms with Gasteiger partial charge in [-0.2, -0.15) is 0 Å². The van der Waals surface area contributed by atoms with E-state index in [4.69, 9.17) is 5.73 Å². The standard InChI is InChI=1S/C13H17N3O2S/c1-3-6-16-13-8(12(18)15-2)9(14)11(19-13)10(17)7-4-5-7/h3,7,16H,1,4-6,14H2,2H3,(H,15,18). The van der Waals surface area contributed by atoms with Crippen molar-refractivity contribution in [1.29, 1.82) is 0 Å². The molecule has 1 amide bonds. The lowest BCUT2D eigenvalue weighted by molar-refractivity contribution is 0.0964. The van der Waals surface area contributed by atoms with E-state index in [1.54, 1.807) is 13.1 Å². The minimum absolute atomic E-state index is 0.0549. The van der Waals surface area contributed by atoms with Gasteiger partial charge < -0.3 is 16.4 Å². The maximum atomic E-state index is 12.1. The Morgan fingerprint density at radius 3 is 2.74 bits per heavy atom. The zero-order valence-corrected chi connectivity index (χ0v) is 11.6. The van der Waals surface area contributed by atoms with Crippen molar-refractivity contribution in [2.45, 2.75) is 12.8 Å². The van der Waals surface area contributed by atoms with E-state index in [9.17, 15) is 9.59 Å². The Morgan fingerprint density at radius 1 is 1.53 bits per heavy atom. The number of hydrogen-bond donors (Lipinski definition) is 3. The van der Waals surface area contributed by atoms with Gasteiger partial charge in [0.25, 0.3) is 5.91 Å². The highest BCUT2D eigenvalue weighted by molar-refractivity contribution is 7.19. The van der Waals surface area contributed by atoms with Crippen molar-refractivity contribution in [2.24, 2.45) is 5.92 Å². The van der Waals surface area contributed by atoms with Crippen LogP contribution in [0.1, 0.15) is 32.9 Å². The molecule has 2 rings (SSSR count). The molecule has 0 aromatic carbocycles. The summed E-state index contributed by atoms with van der Waals surface area (Å²) in [6, 6.07) is 0. The fourth-order valence-corrected chi connectivity index (χ4v) is 2.94. The van der Waals surface area contributed by atoms with E-state index in [2.05, 4.69) is 17.2 Å². The van der Waals surface area contributed by atoms with Gasteiger partial charge in [-0.1, -0.05) is 6.08 Å². The van der Waals surface area contributed by atoms with Crippen LogP contribution in [0, 0.1) is 5.92 Å². The van der Waals surface area contributed by atoms with Gasteiger partial charge in [0.15, 0.2) is 5.78 Å². The Balaban J connectivity index is 2.39. The molecule has 1 saturated carbocycles. The second kappa shape index (κ2) is 5.44. The predicted octanol–water partition coefficient (Wildman–Crippen LogP) is 1.88. The minimum Gasteiger partial charge on any atom is -0.397 e. The van der Waals surface area contributed by atoms with E-state index in [1.165, 1.54) is 11.3 Å². The summed E-state index contributed by atoms with van der Waals surface area (Å²) < 4.78 is 0. The third kappa shape index (κ3) is 2.63. The number of hydrogen-bond acceptors (Lipinski definition) is 5. The number of nitrogens with one attached hydrogen (secondary N) is 2. The van der Waals surface area contributed by atoms with Gasteiger partial charge in [0.05, 0.1) is 16.1 Å². The van der Waals surface area contributed by atoms with Crippen LogP contribution in [-0.2, 0) is 0 Å². The Labute approximate surface area is 115 Å². The molecule has 1 heterocycles. The summed E-state index contributed by atoms with van der Waals surface area (Å²) in [6.45, 7) is 4.13. The maximum absolute atomic E-state index is 12.1. The number of nitrogen functional groups attached to an aromatic ring is 1. The number of anilines is 2. The smallest absolute Gasteiger partial charge is 0.256 e. The molecular formula is C13H17N3O2S. The number of thiophene rings is 1. The Kier molecular flexibility index (Phi) is 3.90. The molecule has 102 valence electrons. The predicted molar refractivity (Wildman–Crippen MR) is 77.9 cm³/mol. The van der Waals surface area contributed by atoms with E-state index < -0.39 is 0 Å². The molecule has 1 aliphatic rings. The van der Waals surface area contributed by atoms with Crippen molar-refractivity contribution < 1.29 is 9.59 Å². The van der Waals surface area contributed by atoms with E-state index in [1.807, 2.05) is 0 Å². The van der Waals surface area contributed by atoms with Gasteiger partial charge in [0, 0.05) is 19.5 Å². The molecule has 0 spiro atoms. The van der Waals surface area contributed by atoms with Crippen molar-refractivity contribution in [3.63, 3.8) is 0 Å². The fraction of sp³-hybridized carbons (Fsp3) is 0.385. The summed E-state index contributed by atoms with van der Waals surface area (Å²) in [5, 5.41) is 6.23. The zero-order chi connectivity index (χ0) is 14.0. The first-order chi connectivity index (χ1) is 9.10. The topological polar surface area (TPSA) is 84.2 Å². The molecule has 1 aliphatic carbocycles. The monoisotopic (exact) mass is 279 g/mol. The van der Waals surface area contributed by atoms with E-state index in [0.29, 0.717) is 22.0 Å². The van der Waals surface area contributed by atoms with Gasteiger partial charge in [-0.15, -0.1) is 17.9 Å². The highest BCUT2D eigenvalue weighted by Crippen LogP contribution is 2.41. The first-order valence-corrected chi connectivity index (χ1v) is 6.95. The second-order valence-corrected chi connectivity index (χ2v) is 5.46. The molecule has 0 radical (unpaired) electrons. The van der Waals surface area contributed by atoms with E-state index in [-0.39, 0.29) is 23.3 Å². The van der Waals surface area contributed by atoms with Crippen LogP contribution < -0.4 is 16.4 Å². The average Bonchev–Trinajstić information content (AvgIpc) is 3.20. The first kappa shape index (κ1) is 13.6. The SMILES string of the molecule is C=CCNc1sc(C(=O)C2CC2)c(N)c1C(=O)NC. The number of nitrogens with two attached hydrogens (primary N) is 1. The lowest BCUT2D eigenvalue weighted by Crippen LogP contribution is -2.20. The molecule has 0 bridgehead atoms. The van der Waals surface area contributed by atoms with E-state index >= 15 is 0 Å². The highest BCUT2D eigenvalue weighted by Gasteiger charge is 2.34. The molecule has 0 saturated heterocycles. The lowest BCUT2D eigenvalue weighted by Gasteiger charge is -2.04. The minimum atomic E-state index is -0.282. The van der Waals surface area contributed by atoms with Crippen LogP contribution in [0.3, 0.4) is 0 Å². The van der Waals surface area contributed by atoms with Gasteiger partial charge in [-0.25, -0.2) is 0 Å². The van der Waals surface area contributed by atoms with Crippen LogP contribution in [0.25, 0.3) is 0 Å². The van der Waals surface area contributed by atoms with Crippen molar-refractivity contribution in [1.82, 2.24) is 5.32 Å². The lowest BCUT2D eigenvalue weighted by atomic mass is 10.1. The zero-order valence-electron chi connectivity index (χ0n) is 10.8. The summed E-state index contributed by atoms with van der Waals surface area (Å²) >= 11 is 1.25. The molecule has 0 atom stereocenters. The summed E-state index contributed by atoms with van der Waals surface area (Å²) in [4.78, 5) is 24.5. The number of carbonyl (C=O) groups excluding carboxylic acids is 2. The molecule has 19 heavy (non-hydrogen) atoms. The second-order valence-electron chi connectivity index (χ2n) is 4.44. The molecule has 0 aliphatic heterocycles. The summed E-state index contributed by atoms with van der Waals surface area (Å²) in [6.07, 6.45) is 3.52. The Bertz CT molecular complexity index is 532. The van der Waals surface area contributed by atoms with Crippen molar-refractivity contribution in [3.8, 4) is 0 Å². The van der Waals surface area contributed by atoms with Crippen LogP contribution in [0.5, 0.6) is 0 Å². The largest absolute Gasteiger partial charge is 0.397 e. The van der Waals surface area contributed by atoms with Crippen LogP contribution >= 0.6 is 11.3 Å². The van der Waals surface area contributed by atoms with E-state index in [0.717, 1.165) is 12.8 Å². The van der Waals surface area contributed by atoms with Gasteiger partial charge >= 0.3 is 0 Å². The third-order valence-electron chi connectivity index (χ3n) is 2.98. The van der Waals surface area contributed by atoms with Crippen LogP contribution in [0.2, 0.25) is 0 Å². The highest BCUT2D eigenvalue weighted by atomic mass is 32.1. The van der Waals surface area contributed by atoms with Crippen molar-refractivity contribution >= 4 is 33.7 Å². The summed E-state index contributed by atoms with van der Waals surface area (Å²) in [5.74, 6) is -0.139. The number of amides is 1. The molecular weight excluding hydrogens is 262 g/mol. The molecule has 1 aromatic rings. The molecule has 4 N–H and O–H groups in total. The van der Waals surface area contributed by atoms with Gasteiger partial charge in [0.2, 0.25) is 0 Å². The van der Waals surface area contributed by atoms with Crippen molar-refractivity contribution in [2.75, 3.05) is 24.6 Å². The van der Waals surface area contributed by atoms with Gasteiger partial charge in [-0.05, 0) is 12.8 Å².